The number of rotatable bonds is 6. The number of hydrogen-bond acceptors (Lipinski definition) is 5. The number of hydrogen-bond donors (Lipinski definition) is 1. The van der Waals surface area contributed by atoms with E-state index in [1.807, 2.05) is 11.0 Å². The van der Waals surface area contributed by atoms with Crippen LogP contribution in [-0.2, 0) is 4.79 Å². The van der Waals surface area contributed by atoms with Gasteiger partial charge in [-0.1, -0.05) is 6.07 Å². The number of carbonyl (C=O) groups excluding carboxylic acids is 1. The topological polar surface area (TPSA) is 77.7 Å². The van der Waals surface area contributed by atoms with E-state index in [-0.39, 0.29) is 12.4 Å². The summed E-state index contributed by atoms with van der Waals surface area (Å²) in [5, 5.41) is 12.8. The van der Waals surface area contributed by atoms with Crippen molar-refractivity contribution in [3.63, 3.8) is 0 Å². The minimum atomic E-state index is -0.433. The molecule has 0 spiro atoms. The van der Waals surface area contributed by atoms with Crippen LogP contribution in [0.5, 0.6) is 5.75 Å². The van der Waals surface area contributed by atoms with Crippen molar-refractivity contribution in [3.05, 3.63) is 59.4 Å². The van der Waals surface area contributed by atoms with Crippen molar-refractivity contribution in [2.45, 2.75) is 19.8 Å². The van der Waals surface area contributed by atoms with Crippen molar-refractivity contribution in [1.82, 2.24) is 5.43 Å². The molecule has 1 fully saturated rings. The first-order valence-electron chi connectivity index (χ1n) is 9.08. The molecule has 2 aromatic carbocycles. The lowest BCUT2D eigenvalue weighted by atomic mass is 10.1. The fourth-order valence-corrected chi connectivity index (χ4v) is 2.96. The Bertz CT molecular complexity index is 913. The van der Waals surface area contributed by atoms with Gasteiger partial charge < -0.3 is 9.64 Å². The number of nitrogens with one attached hydrogen (secondary N) is 1. The number of nitriles is 1. The molecule has 1 amide bonds. The fourth-order valence-electron chi connectivity index (χ4n) is 2.96. The first-order chi connectivity index (χ1) is 13.6. The van der Waals surface area contributed by atoms with Crippen molar-refractivity contribution in [2.75, 3.05) is 24.6 Å². The molecule has 7 heteroatoms. The molecule has 1 saturated heterocycles. The highest BCUT2D eigenvalue weighted by atomic mass is 19.1. The molecule has 3 rings (SSSR count). The number of ether oxygens (including phenoxy) is 1. The number of amides is 1. The highest BCUT2D eigenvalue weighted by Crippen LogP contribution is 2.24. The quantitative estimate of drug-likeness (QED) is 0.617. The van der Waals surface area contributed by atoms with Crippen LogP contribution in [0.15, 0.2) is 47.6 Å². The van der Waals surface area contributed by atoms with Gasteiger partial charge in [0, 0.05) is 18.7 Å². The van der Waals surface area contributed by atoms with E-state index in [2.05, 4.69) is 10.5 Å². The first kappa shape index (κ1) is 19.4. The molecule has 2 aromatic rings. The van der Waals surface area contributed by atoms with Gasteiger partial charge in [0.05, 0.1) is 23.0 Å². The summed E-state index contributed by atoms with van der Waals surface area (Å²) in [7, 11) is 0. The Morgan fingerprint density at radius 1 is 1.25 bits per heavy atom. The smallest absolute Gasteiger partial charge is 0.277 e. The van der Waals surface area contributed by atoms with Gasteiger partial charge in [0.1, 0.15) is 11.6 Å². The van der Waals surface area contributed by atoms with Crippen LogP contribution < -0.4 is 15.1 Å². The van der Waals surface area contributed by atoms with E-state index in [0.29, 0.717) is 28.3 Å². The third kappa shape index (κ3) is 4.86. The summed E-state index contributed by atoms with van der Waals surface area (Å²) in [6, 6.07) is 13.4. The number of nitrogens with zero attached hydrogens (tertiary/aromatic N) is 3. The van der Waals surface area contributed by atoms with Gasteiger partial charge in [0.15, 0.2) is 6.61 Å². The zero-order valence-corrected chi connectivity index (χ0v) is 15.6. The Morgan fingerprint density at radius 2 is 1.96 bits per heavy atom. The molecular formula is C21H21FN4O2. The van der Waals surface area contributed by atoms with Crippen molar-refractivity contribution >= 4 is 17.3 Å². The molecule has 0 bridgehead atoms. The molecule has 0 saturated carbocycles. The number of carbonyl (C=O) groups is 1. The van der Waals surface area contributed by atoms with E-state index in [1.54, 1.807) is 43.3 Å². The minimum absolute atomic E-state index is 0.217. The van der Waals surface area contributed by atoms with E-state index < -0.39 is 5.91 Å². The summed E-state index contributed by atoms with van der Waals surface area (Å²) >= 11 is 0. The maximum absolute atomic E-state index is 14.4. The second-order valence-electron chi connectivity index (χ2n) is 6.52. The van der Waals surface area contributed by atoms with Gasteiger partial charge in [-0.25, -0.2) is 9.82 Å². The van der Waals surface area contributed by atoms with Gasteiger partial charge in [-0.3, -0.25) is 4.79 Å². The summed E-state index contributed by atoms with van der Waals surface area (Å²) in [5.74, 6) is -0.239. The summed E-state index contributed by atoms with van der Waals surface area (Å²) in [5.41, 5.74) is 4.63. The zero-order chi connectivity index (χ0) is 19.9. The lowest BCUT2D eigenvalue weighted by Crippen LogP contribution is -2.25. The fraction of sp³-hybridized carbons (Fsp3) is 0.286. The third-order valence-electron chi connectivity index (χ3n) is 4.51. The molecule has 0 aliphatic carbocycles. The van der Waals surface area contributed by atoms with Gasteiger partial charge in [0.25, 0.3) is 5.91 Å². The second-order valence-corrected chi connectivity index (χ2v) is 6.52. The van der Waals surface area contributed by atoms with E-state index >= 15 is 0 Å². The monoisotopic (exact) mass is 380 g/mol. The average Bonchev–Trinajstić information content (AvgIpc) is 3.25. The standard InChI is InChI=1S/C21H21FN4O2/c1-15(17-6-9-20(19(22)12-17)26-10-2-3-11-26)24-25-21(27)14-28-18-7-4-16(13-23)5-8-18/h4-9,12H,2-3,10-11,14H2,1H3,(H,25,27)/b24-15-. The number of hydrazone groups is 1. The molecule has 1 aliphatic rings. The van der Waals surface area contributed by atoms with Crippen molar-refractivity contribution < 1.29 is 13.9 Å². The molecule has 1 N–H and O–H groups in total. The second kappa shape index (κ2) is 9.00. The first-order valence-corrected chi connectivity index (χ1v) is 9.08. The van der Waals surface area contributed by atoms with Crippen LogP contribution in [0.1, 0.15) is 30.9 Å². The molecule has 0 aromatic heterocycles. The summed E-state index contributed by atoms with van der Waals surface area (Å²) in [6.45, 7) is 3.23. The van der Waals surface area contributed by atoms with Gasteiger partial charge in [-0.15, -0.1) is 0 Å². The van der Waals surface area contributed by atoms with Crippen molar-refractivity contribution in [2.24, 2.45) is 5.10 Å². The molecule has 0 radical (unpaired) electrons. The Kier molecular flexibility index (Phi) is 6.22. The molecule has 0 unspecified atom stereocenters. The highest BCUT2D eigenvalue weighted by Gasteiger charge is 2.16. The third-order valence-corrected chi connectivity index (χ3v) is 4.51. The van der Waals surface area contributed by atoms with Gasteiger partial charge in [-0.05, 0) is 56.2 Å². The SMILES string of the molecule is C/C(=N/NC(=O)COc1ccc(C#N)cc1)c1ccc(N2CCCC2)c(F)c1. The van der Waals surface area contributed by atoms with Gasteiger partial charge in [0.2, 0.25) is 0 Å². The highest BCUT2D eigenvalue weighted by molar-refractivity contribution is 5.99. The minimum Gasteiger partial charge on any atom is -0.484 e. The van der Waals surface area contributed by atoms with Crippen LogP contribution in [0.4, 0.5) is 10.1 Å². The predicted octanol–water partition coefficient (Wildman–Crippen LogP) is 3.22. The Balaban J connectivity index is 1.54. The van der Waals surface area contributed by atoms with Crippen LogP contribution >= 0.6 is 0 Å². The zero-order valence-electron chi connectivity index (χ0n) is 15.6. The molecule has 0 atom stereocenters. The molecule has 1 aliphatic heterocycles. The maximum atomic E-state index is 14.4. The number of benzene rings is 2. The Hall–Kier alpha value is -3.40. The predicted molar refractivity (Wildman–Crippen MR) is 105 cm³/mol. The number of anilines is 1. The summed E-state index contributed by atoms with van der Waals surface area (Å²) < 4.78 is 19.7. The van der Waals surface area contributed by atoms with Crippen molar-refractivity contribution in [1.29, 1.82) is 5.26 Å². The van der Waals surface area contributed by atoms with Gasteiger partial charge >= 0.3 is 0 Å². The average molecular weight is 380 g/mol. The summed E-state index contributed by atoms with van der Waals surface area (Å²) in [6.07, 6.45) is 2.16. The van der Waals surface area contributed by atoms with Crippen molar-refractivity contribution in [3.8, 4) is 11.8 Å². The Morgan fingerprint density at radius 3 is 2.61 bits per heavy atom. The Labute approximate surface area is 163 Å². The van der Waals surface area contributed by atoms with Crippen LogP contribution in [0.3, 0.4) is 0 Å². The molecule has 6 nitrogen and oxygen atoms in total. The van der Waals surface area contributed by atoms with Crippen LogP contribution in [0, 0.1) is 17.1 Å². The lowest BCUT2D eigenvalue weighted by molar-refractivity contribution is -0.123. The maximum Gasteiger partial charge on any atom is 0.277 e. The van der Waals surface area contributed by atoms with Gasteiger partial charge in [-0.2, -0.15) is 10.4 Å². The normalized spacial score (nSPS) is 13.9. The van der Waals surface area contributed by atoms with E-state index in [1.165, 1.54) is 6.07 Å². The molecule has 144 valence electrons. The molecule has 28 heavy (non-hydrogen) atoms. The molecule has 1 heterocycles. The lowest BCUT2D eigenvalue weighted by Gasteiger charge is -2.18. The van der Waals surface area contributed by atoms with E-state index in [9.17, 15) is 9.18 Å². The summed E-state index contributed by atoms with van der Waals surface area (Å²) in [4.78, 5) is 13.9. The molecular weight excluding hydrogens is 359 g/mol. The van der Waals surface area contributed by atoms with Crippen LogP contribution in [0.2, 0.25) is 0 Å². The largest absolute Gasteiger partial charge is 0.484 e. The number of halogens is 1. The van der Waals surface area contributed by atoms with E-state index in [4.69, 9.17) is 10.00 Å². The van der Waals surface area contributed by atoms with Crippen LogP contribution in [0.25, 0.3) is 0 Å². The van der Waals surface area contributed by atoms with Crippen LogP contribution in [-0.4, -0.2) is 31.3 Å². The van der Waals surface area contributed by atoms with E-state index in [0.717, 1.165) is 25.9 Å².